The summed E-state index contributed by atoms with van der Waals surface area (Å²) in [5.41, 5.74) is 0.740. The van der Waals surface area contributed by atoms with E-state index in [9.17, 15) is 9.59 Å². The summed E-state index contributed by atoms with van der Waals surface area (Å²) in [4.78, 5) is 29.3. The second-order valence-corrected chi connectivity index (χ2v) is 5.78. The number of carbonyl (C=O) groups is 1. The first-order chi connectivity index (χ1) is 11.6. The molecular formula is C17H17N5O2. The van der Waals surface area contributed by atoms with Gasteiger partial charge in [-0.1, -0.05) is 31.2 Å². The molecule has 0 bridgehead atoms. The summed E-state index contributed by atoms with van der Waals surface area (Å²) < 4.78 is 1.15. The first-order valence-corrected chi connectivity index (χ1v) is 7.63. The molecule has 1 amide bonds. The number of nitrogens with one attached hydrogen (secondary N) is 1. The summed E-state index contributed by atoms with van der Waals surface area (Å²) in [6.45, 7) is 3.72. The van der Waals surface area contributed by atoms with Crippen LogP contribution in [0.5, 0.6) is 0 Å². The lowest BCUT2D eigenvalue weighted by Gasteiger charge is -2.21. The fraction of sp³-hybridized carbons (Fsp3) is 0.235. The molecule has 2 aromatic heterocycles. The van der Waals surface area contributed by atoms with Crippen molar-refractivity contribution >= 4 is 22.5 Å². The van der Waals surface area contributed by atoms with Crippen LogP contribution in [0.15, 0.2) is 53.6 Å². The Kier molecular flexibility index (Phi) is 4.33. The van der Waals surface area contributed by atoms with Crippen LogP contribution in [0.4, 0.5) is 5.69 Å². The highest BCUT2D eigenvalue weighted by atomic mass is 16.2. The van der Waals surface area contributed by atoms with E-state index in [1.165, 1.54) is 0 Å². The Bertz CT molecular complexity index is 921. The molecule has 0 spiro atoms. The minimum absolute atomic E-state index is 0.144. The molecule has 3 rings (SSSR count). The fourth-order valence-electron chi connectivity index (χ4n) is 2.53. The SMILES string of the molecule is CC(C)C(C(=O)Nc1cccnc1)n1nnc2ccccc2c1=O. The third-order valence-corrected chi connectivity index (χ3v) is 3.68. The number of hydrogen-bond acceptors (Lipinski definition) is 5. The molecule has 0 aliphatic rings. The van der Waals surface area contributed by atoms with Gasteiger partial charge >= 0.3 is 0 Å². The number of hydrogen-bond donors (Lipinski definition) is 1. The van der Waals surface area contributed by atoms with Crippen molar-refractivity contribution in [3.8, 4) is 0 Å². The van der Waals surface area contributed by atoms with E-state index >= 15 is 0 Å². The predicted octanol–water partition coefficient (Wildman–Crippen LogP) is 2.02. The van der Waals surface area contributed by atoms with Gasteiger partial charge in [0.05, 0.1) is 17.3 Å². The molecule has 0 aliphatic carbocycles. The van der Waals surface area contributed by atoms with Crippen LogP contribution in [0.2, 0.25) is 0 Å². The molecule has 24 heavy (non-hydrogen) atoms. The van der Waals surface area contributed by atoms with Crippen LogP contribution in [0, 0.1) is 5.92 Å². The zero-order valence-electron chi connectivity index (χ0n) is 13.4. The van der Waals surface area contributed by atoms with E-state index in [0.29, 0.717) is 16.6 Å². The fourth-order valence-corrected chi connectivity index (χ4v) is 2.53. The van der Waals surface area contributed by atoms with Crippen molar-refractivity contribution in [3.63, 3.8) is 0 Å². The number of rotatable bonds is 4. The number of amides is 1. The topological polar surface area (TPSA) is 89.8 Å². The van der Waals surface area contributed by atoms with Gasteiger partial charge in [-0.15, -0.1) is 5.10 Å². The lowest BCUT2D eigenvalue weighted by atomic mass is 10.0. The Morgan fingerprint density at radius 2 is 1.96 bits per heavy atom. The van der Waals surface area contributed by atoms with E-state index in [-0.39, 0.29) is 17.4 Å². The van der Waals surface area contributed by atoms with Crippen LogP contribution in [0.25, 0.3) is 10.9 Å². The standard InChI is InChI=1S/C17H17N5O2/c1-11(2)15(16(23)19-12-6-5-9-18-10-12)22-17(24)13-7-3-4-8-14(13)20-21-22/h3-11,15H,1-2H3,(H,19,23). The third-order valence-electron chi connectivity index (χ3n) is 3.68. The minimum Gasteiger partial charge on any atom is -0.323 e. The lowest BCUT2D eigenvalue weighted by Crippen LogP contribution is -2.38. The molecular weight excluding hydrogens is 306 g/mol. The highest BCUT2D eigenvalue weighted by Crippen LogP contribution is 2.18. The van der Waals surface area contributed by atoms with Crippen molar-refractivity contribution in [2.75, 3.05) is 5.32 Å². The molecule has 7 nitrogen and oxygen atoms in total. The molecule has 1 N–H and O–H groups in total. The number of nitrogens with zero attached hydrogens (tertiary/aromatic N) is 4. The quantitative estimate of drug-likeness (QED) is 0.793. The summed E-state index contributed by atoms with van der Waals surface area (Å²) in [5.74, 6) is -0.473. The van der Waals surface area contributed by atoms with Crippen molar-refractivity contribution < 1.29 is 4.79 Å². The average molecular weight is 323 g/mol. The van der Waals surface area contributed by atoms with Crippen LogP contribution >= 0.6 is 0 Å². The van der Waals surface area contributed by atoms with E-state index in [2.05, 4.69) is 20.6 Å². The largest absolute Gasteiger partial charge is 0.323 e. The number of anilines is 1. The third kappa shape index (κ3) is 3.01. The monoisotopic (exact) mass is 323 g/mol. The van der Waals surface area contributed by atoms with Crippen LogP contribution in [0.1, 0.15) is 19.9 Å². The maximum absolute atomic E-state index is 12.7. The number of fused-ring (bicyclic) bond motifs is 1. The summed E-state index contributed by atoms with van der Waals surface area (Å²) in [6, 6.07) is 9.63. The second kappa shape index (κ2) is 6.57. The molecule has 2 heterocycles. The van der Waals surface area contributed by atoms with Gasteiger partial charge in [0.25, 0.3) is 5.56 Å². The van der Waals surface area contributed by atoms with Gasteiger partial charge in [0.1, 0.15) is 11.6 Å². The van der Waals surface area contributed by atoms with Gasteiger partial charge in [0.15, 0.2) is 0 Å². The van der Waals surface area contributed by atoms with E-state index in [1.54, 1.807) is 48.8 Å². The van der Waals surface area contributed by atoms with E-state index in [0.717, 1.165) is 4.68 Å². The molecule has 122 valence electrons. The predicted molar refractivity (Wildman–Crippen MR) is 90.5 cm³/mol. The van der Waals surface area contributed by atoms with Crippen LogP contribution in [-0.2, 0) is 4.79 Å². The van der Waals surface area contributed by atoms with Crippen LogP contribution in [-0.4, -0.2) is 25.9 Å². The van der Waals surface area contributed by atoms with Gasteiger partial charge in [-0.3, -0.25) is 14.6 Å². The number of benzene rings is 1. The van der Waals surface area contributed by atoms with Crippen molar-refractivity contribution in [3.05, 3.63) is 59.1 Å². The molecule has 1 aromatic carbocycles. The minimum atomic E-state index is -0.769. The zero-order chi connectivity index (χ0) is 17.1. The van der Waals surface area contributed by atoms with Crippen LogP contribution < -0.4 is 10.9 Å². The van der Waals surface area contributed by atoms with Gasteiger partial charge in [-0.05, 0) is 30.2 Å². The molecule has 3 aromatic rings. The number of carbonyl (C=O) groups excluding carboxylic acids is 1. The molecule has 0 saturated carbocycles. The first kappa shape index (κ1) is 15.8. The Morgan fingerprint density at radius 3 is 2.67 bits per heavy atom. The summed E-state index contributed by atoms with van der Waals surface area (Å²) in [6.07, 6.45) is 3.17. The molecule has 0 saturated heterocycles. The Labute approximate surface area is 138 Å². The molecule has 0 radical (unpaired) electrons. The number of aromatic nitrogens is 4. The van der Waals surface area contributed by atoms with Gasteiger partial charge in [0.2, 0.25) is 5.91 Å². The Morgan fingerprint density at radius 1 is 1.17 bits per heavy atom. The summed E-state index contributed by atoms with van der Waals surface area (Å²) in [5, 5.41) is 11.2. The molecule has 7 heteroatoms. The molecule has 1 atom stereocenters. The van der Waals surface area contributed by atoms with Gasteiger partial charge in [0, 0.05) is 6.20 Å². The molecule has 0 aliphatic heterocycles. The molecule has 0 fully saturated rings. The first-order valence-electron chi connectivity index (χ1n) is 7.63. The highest BCUT2D eigenvalue weighted by molar-refractivity contribution is 5.93. The smallest absolute Gasteiger partial charge is 0.278 e. The van der Waals surface area contributed by atoms with Crippen LogP contribution in [0.3, 0.4) is 0 Å². The maximum atomic E-state index is 12.7. The normalized spacial score (nSPS) is 12.3. The van der Waals surface area contributed by atoms with E-state index in [4.69, 9.17) is 0 Å². The molecule has 1 unspecified atom stereocenters. The van der Waals surface area contributed by atoms with Gasteiger partial charge < -0.3 is 5.32 Å². The average Bonchev–Trinajstić information content (AvgIpc) is 2.58. The van der Waals surface area contributed by atoms with Crippen molar-refractivity contribution in [2.24, 2.45) is 5.92 Å². The maximum Gasteiger partial charge on any atom is 0.278 e. The van der Waals surface area contributed by atoms with Gasteiger partial charge in [-0.25, -0.2) is 0 Å². The Balaban J connectivity index is 2.01. The summed E-state index contributed by atoms with van der Waals surface area (Å²) >= 11 is 0. The zero-order valence-corrected chi connectivity index (χ0v) is 13.4. The van der Waals surface area contributed by atoms with Gasteiger partial charge in [-0.2, -0.15) is 4.68 Å². The lowest BCUT2D eigenvalue weighted by molar-refractivity contribution is -0.120. The summed E-state index contributed by atoms with van der Waals surface area (Å²) in [7, 11) is 0. The van der Waals surface area contributed by atoms with Crippen molar-refractivity contribution in [1.82, 2.24) is 20.0 Å². The van der Waals surface area contributed by atoms with Crippen molar-refractivity contribution in [2.45, 2.75) is 19.9 Å². The Hall–Kier alpha value is -3.09. The second-order valence-electron chi connectivity index (χ2n) is 5.78. The number of pyridine rings is 1. The highest BCUT2D eigenvalue weighted by Gasteiger charge is 2.27. The van der Waals surface area contributed by atoms with Crippen molar-refractivity contribution in [1.29, 1.82) is 0 Å². The van der Waals surface area contributed by atoms with E-state index in [1.807, 2.05) is 13.8 Å². The van der Waals surface area contributed by atoms with E-state index < -0.39 is 6.04 Å².